The van der Waals surface area contributed by atoms with Crippen molar-refractivity contribution in [3.63, 3.8) is 0 Å². The van der Waals surface area contributed by atoms with Crippen LogP contribution in [0.25, 0.3) is 0 Å². The van der Waals surface area contributed by atoms with Gasteiger partial charge in [0.25, 0.3) is 0 Å². The summed E-state index contributed by atoms with van der Waals surface area (Å²) in [4.78, 5) is 0. The van der Waals surface area contributed by atoms with Crippen molar-refractivity contribution < 1.29 is 9.84 Å². The van der Waals surface area contributed by atoms with Crippen molar-refractivity contribution >= 4 is 0 Å². The van der Waals surface area contributed by atoms with Crippen molar-refractivity contribution in [1.82, 2.24) is 0 Å². The summed E-state index contributed by atoms with van der Waals surface area (Å²) in [6.45, 7) is 5.78. The first-order valence-corrected chi connectivity index (χ1v) is 7.29. The number of rotatable bonds is 6. The van der Waals surface area contributed by atoms with Gasteiger partial charge in [-0.3, -0.25) is 0 Å². The quantitative estimate of drug-likeness (QED) is 0.803. The Bertz CT molecular complexity index is 605. The first-order chi connectivity index (χ1) is 10.5. The second-order valence-electron chi connectivity index (χ2n) is 5.63. The lowest BCUT2D eigenvalue weighted by molar-refractivity contribution is 0.0901. The minimum absolute atomic E-state index is 0.316. The van der Waals surface area contributed by atoms with Gasteiger partial charge in [-0.1, -0.05) is 48.5 Å². The molecule has 116 valence electrons. The molecule has 2 rings (SSSR count). The van der Waals surface area contributed by atoms with Gasteiger partial charge in [-0.15, -0.1) is 6.58 Å². The predicted octanol–water partition coefficient (Wildman–Crippen LogP) is 3.40. The summed E-state index contributed by atoms with van der Waals surface area (Å²) in [6, 6.07) is 17.1. The molecular weight excluding hydrogens is 274 g/mol. The summed E-state index contributed by atoms with van der Waals surface area (Å²) < 4.78 is 5.18. The lowest BCUT2D eigenvalue weighted by Gasteiger charge is -2.36. The Hall–Kier alpha value is -2.10. The van der Waals surface area contributed by atoms with Gasteiger partial charge < -0.3 is 15.6 Å². The van der Waals surface area contributed by atoms with Gasteiger partial charge in [0, 0.05) is 11.5 Å². The van der Waals surface area contributed by atoms with Gasteiger partial charge in [-0.25, -0.2) is 0 Å². The number of hydrogen-bond acceptors (Lipinski definition) is 3. The highest BCUT2D eigenvalue weighted by Crippen LogP contribution is 2.37. The van der Waals surface area contributed by atoms with Gasteiger partial charge in [0.15, 0.2) is 0 Å². The molecule has 0 aliphatic rings. The number of nitrogens with two attached hydrogens (primary N) is 1. The number of aliphatic hydroxyl groups excluding tert-OH is 1. The van der Waals surface area contributed by atoms with E-state index in [1.54, 1.807) is 13.2 Å². The zero-order valence-electron chi connectivity index (χ0n) is 13.1. The van der Waals surface area contributed by atoms with E-state index in [0.717, 1.165) is 16.9 Å². The molecule has 0 aromatic heterocycles. The molecule has 2 aromatic rings. The molecule has 0 heterocycles. The van der Waals surface area contributed by atoms with E-state index in [9.17, 15) is 5.11 Å². The molecule has 3 atom stereocenters. The molecule has 0 aliphatic carbocycles. The molecule has 0 saturated heterocycles. The summed E-state index contributed by atoms with van der Waals surface area (Å²) in [7, 11) is 1.63. The number of aliphatic hydroxyl groups is 1. The summed E-state index contributed by atoms with van der Waals surface area (Å²) in [5, 5.41) is 10.7. The fourth-order valence-electron chi connectivity index (χ4n) is 2.70. The van der Waals surface area contributed by atoms with Crippen LogP contribution in [0.15, 0.2) is 67.3 Å². The van der Waals surface area contributed by atoms with E-state index in [0.29, 0.717) is 0 Å². The smallest absolute Gasteiger partial charge is 0.118 e. The van der Waals surface area contributed by atoms with Gasteiger partial charge >= 0.3 is 0 Å². The molecule has 0 bridgehead atoms. The SMILES string of the molecule is C=C[C@H]([C@@H](O)c1ccccc1)[C@@](C)(N)c1ccc(OC)cc1. The fourth-order valence-corrected chi connectivity index (χ4v) is 2.70. The molecule has 2 aromatic carbocycles. The van der Waals surface area contributed by atoms with Crippen LogP contribution < -0.4 is 10.5 Å². The van der Waals surface area contributed by atoms with Gasteiger partial charge in [-0.2, -0.15) is 0 Å². The average Bonchev–Trinajstić information content (AvgIpc) is 2.56. The normalized spacial score (nSPS) is 16.4. The highest BCUT2D eigenvalue weighted by molar-refractivity contribution is 5.34. The second-order valence-corrected chi connectivity index (χ2v) is 5.63. The Labute approximate surface area is 132 Å². The number of benzene rings is 2. The lowest BCUT2D eigenvalue weighted by atomic mass is 9.75. The van der Waals surface area contributed by atoms with E-state index in [1.165, 1.54) is 0 Å². The van der Waals surface area contributed by atoms with E-state index in [2.05, 4.69) is 6.58 Å². The molecule has 0 aliphatic heterocycles. The van der Waals surface area contributed by atoms with Crippen LogP contribution in [0.5, 0.6) is 5.75 Å². The Morgan fingerprint density at radius 3 is 2.23 bits per heavy atom. The van der Waals surface area contributed by atoms with E-state index in [-0.39, 0.29) is 5.92 Å². The van der Waals surface area contributed by atoms with Gasteiger partial charge in [0.2, 0.25) is 0 Å². The van der Waals surface area contributed by atoms with Crippen LogP contribution in [0.4, 0.5) is 0 Å². The maximum Gasteiger partial charge on any atom is 0.118 e. The highest BCUT2D eigenvalue weighted by atomic mass is 16.5. The first-order valence-electron chi connectivity index (χ1n) is 7.29. The van der Waals surface area contributed by atoms with Gasteiger partial charge in [0.05, 0.1) is 13.2 Å². The molecule has 3 N–H and O–H groups in total. The molecule has 0 spiro atoms. The highest BCUT2D eigenvalue weighted by Gasteiger charge is 2.35. The Morgan fingerprint density at radius 1 is 1.14 bits per heavy atom. The number of hydrogen-bond donors (Lipinski definition) is 2. The van der Waals surface area contributed by atoms with Crippen LogP contribution in [-0.4, -0.2) is 12.2 Å². The number of methoxy groups -OCH3 is 1. The monoisotopic (exact) mass is 297 g/mol. The number of ether oxygens (including phenoxy) is 1. The van der Waals surface area contributed by atoms with E-state index in [1.807, 2.05) is 61.5 Å². The van der Waals surface area contributed by atoms with Crippen molar-refractivity contribution in [2.75, 3.05) is 7.11 Å². The van der Waals surface area contributed by atoms with E-state index < -0.39 is 11.6 Å². The molecule has 3 nitrogen and oxygen atoms in total. The van der Waals surface area contributed by atoms with Gasteiger partial charge in [-0.05, 0) is 30.2 Å². The minimum atomic E-state index is -0.747. The fraction of sp³-hybridized carbons (Fsp3) is 0.263. The summed E-state index contributed by atoms with van der Waals surface area (Å²) in [6.07, 6.45) is 1.01. The minimum Gasteiger partial charge on any atom is -0.497 e. The van der Waals surface area contributed by atoms with Gasteiger partial charge in [0.1, 0.15) is 5.75 Å². The molecule has 3 heteroatoms. The Morgan fingerprint density at radius 2 is 1.73 bits per heavy atom. The van der Waals surface area contributed by atoms with Crippen LogP contribution >= 0.6 is 0 Å². The third-order valence-electron chi connectivity index (χ3n) is 4.14. The third kappa shape index (κ3) is 3.21. The predicted molar refractivity (Wildman–Crippen MR) is 89.6 cm³/mol. The topological polar surface area (TPSA) is 55.5 Å². The average molecular weight is 297 g/mol. The van der Waals surface area contributed by atoms with Crippen LogP contribution in [0.3, 0.4) is 0 Å². The van der Waals surface area contributed by atoms with Crippen molar-refractivity contribution in [1.29, 1.82) is 0 Å². The van der Waals surface area contributed by atoms with Crippen LogP contribution in [0, 0.1) is 5.92 Å². The molecule has 0 fully saturated rings. The maximum atomic E-state index is 10.7. The van der Waals surface area contributed by atoms with Crippen LogP contribution in [-0.2, 0) is 5.54 Å². The zero-order chi connectivity index (χ0) is 16.2. The van der Waals surface area contributed by atoms with Crippen molar-refractivity contribution in [3.05, 3.63) is 78.4 Å². The third-order valence-corrected chi connectivity index (χ3v) is 4.14. The molecule has 0 amide bonds. The summed E-state index contributed by atoms with van der Waals surface area (Å²) >= 11 is 0. The largest absolute Gasteiger partial charge is 0.497 e. The molecule has 22 heavy (non-hydrogen) atoms. The van der Waals surface area contributed by atoms with E-state index >= 15 is 0 Å². The Kier molecular flexibility index (Phi) is 5.01. The van der Waals surface area contributed by atoms with E-state index in [4.69, 9.17) is 10.5 Å². The second kappa shape index (κ2) is 6.77. The van der Waals surface area contributed by atoms with Crippen molar-refractivity contribution in [2.24, 2.45) is 11.7 Å². The molecular formula is C19H23NO2. The molecule has 0 unspecified atom stereocenters. The van der Waals surface area contributed by atoms with Crippen molar-refractivity contribution in [2.45, 2.75) is 18.6 Å². The first kappa shape index (κ1) is 16.3. The molecule has 0 saturated carbocycles. The van der Waals surface area contributed by atoms with Crippen LogP contribution in [0.1, 0.15) is 24.2 Å². The van der Waals surface area contributed by atoms with Crippen LogP contribution in [0.2, 0.25) is 0 Å². The summed E-state index contributed by atoms with van der Waals surface area (Å²) in [5.41, 5.74) is 7.56. The lowest BCUT2D eigenvalue weighted by Crippen LogP contribution is -2.43. The maximum absolute atomic E-state index is 10.7. The standard InChI is InChI=1S/C19H23NO2/c1-4-17(18(21)14-8-6-5-7-9-14)19(2,20)15-10-12-16(22-3)13-11-15/h4-13,17-18,21H,1,20H2,2-3H3/t17-,18+,19+/m1/s1. The van der Waals surface area contributed by atoms with Crippen molar-refractivity contribution in [3.8, 4) is 5.75 Å². The molecule has 0 radical (unpaired) electrons. The Balaban J connectivity index is 2.33. The summed E-state index contributed by atoms with van der Waals surface area (Å²) in [5.74, 6) is 0.460. The zero-order valence-corrected chi connectivity index (χ0v) is 13.1.